The molecule has 0 bridgehead atoms. The molecule has 0 aromatic heterocycles. The molecule has 4 aliphatic rings. The Morgan fingerprint density at radius 2 is 1.70 bits per heavy atom. The first kappa shape index (κ1) is 29.6. The number of aliphatic hydroxyl groups is 5. The second-order valence-electron chi connectivity index (χ2n) is 13.5. The number of aliphatic hydroxyl groups excluding tert-OH is 4. The van der Waals surface area contributed by atoms with Gasteiger partial charge in [0.15, 0.2) is 0 Å². The molecule has 0 aliphatic heterocycles. The summed E-state index contributed by atoms with van der Waals surface area (Å²) in [5.41, 5.74) is -2.60. The van der Waals surface area contributed by atoms with E-state index in [0.717, 1.165) is 32.1 Å². The van der Waals surface area contributed by atoms with E-state index in [1.807, 2.05) is 13.8 Å². The average Bonchev–Trinajstić information content (AvgIpc) is 3.00. The molecule has 4 rings (SSSR count). The summed E-state index contributed by atoms with van der Waals surface area (Å²) in [6.45, 7) is 8.47. The average molecular weight is 549 g/mol. The van der Waals surface area contributed by atoms with Crippen molar-refractivity contribution < 1.29 is 42.7 Å². The lowest BCUT2D eigenvalue weighted by molar-refractivity contribution is -0.266. The van der Waals surface area contributed by atoms with Crippen molar-refractivity contribution in [3.05, 3.63) is 0 Å². The molecule has 0 saturated heterocycles. The van der Waals surface area contributed by atoms with Crippen LogP contribution in [-0.4, -0.2) is 75.1 Å². The molecule has 3 unspecified atom stereocenters. The van der Waals surface area contributed by atoms with Crippen LogP contribution in [0.5, 0.6) is 0 Å². The van der Waals surface area contributed by atoms with Gasteiger partial charge in [-0.25, -0.2) is 4.18 Å². The van der Waals surface area contributed by atoms with Crippen molar-refractivity contribution in [3.63, 3.8) is 0 Å². The molecule has 6 N–H and O–H groups in total. The fraction of sp³-hybridized carbons (Fsp3) is 1.00. The summed E-state index contributed by atoms with van der Waals surface area (Å²) in [6, 6.07) is 0. The second-order valence-corrected chi connectivity index (χ2v) is 14.6. The monoisotopic (exact) mass is 548 g/mol. The quantitative estimate of drug-likeness (QED) is 0.250. The molecule has 0 spiro atoms. The molecular weight excluding hydrogens is 500 g/mol. The van der Waals surface area contributed by atoms with Crippen LogP contribution >= 0.6 is 0 Å². The van der Waals surface area contributed by atoms with Crippen LogP contribution in [0.15, 0.2) is 0 Å². The predicted octanol–water partition coefficient (Wildman–Crippen LogP) is 2.30. The van der Waals surface area contributed by atoms with E-state index in [9.17, 15) is 34.0 Å². The Balaban J connectivity index is 1.57. The smallest absolute Gasteiger partial charge is 0.396 e. The zero-order valence-electron chi connectivity index (χ0n) is 22.7. The van der Waals surface area contributed by atoms with Crippen molar-refractivity contribution in [2.75, 3.05) is 6.61 Å². The van der Waals surface area contributed by atoms with E-state index in [4.69, 9.17) is 8.74 Å². The zero-order chi connectivity index (χ0) is 27.6. The minimum Gasteiger partial charge on any atom is -0.396 e. The summed E-state index contributed by atoms with van der Waals surface area (Å²) < 4.78 is 36.6. The van der Waals surface area contributed by atoms with Gasteiger partial charge in [0, 0.05) is 18.4 Å². The maximum atomic E-state index is 11.8. The van der Waals surface area contributed by atoms with Gasteiger partial charge in [-0.2, -0.15) is 8.42 Å². The van der Waals surface area contributed by atoms with E-state index in [0.29, 0.717) is 12.8 Å². The van der Waals surface area contributed by atoms with Gasteiger partial charge in [-0.3, -0.25) is 4.55 Å². The Labute approximate surface area is 221 Å². The van der Waals surface area contributed by atoms with E-state index in [-0.39, 0.29) is 60.4 Å². The van der Waals surface area contributed by atoms with Crippen molar-refractivity contribution in [2.24, 2.45) is 46.3 Å². The van der Waals surface area contributed by atoms with Crippen LogP contribution in [-0.2, 0) is 14.6 Å². The predicted molar refractivity (Wildman–Crippen MR) is 137 cm³/mol. The maximum absolute atomic E-state index is 11.8. The molecule has 4 aliphatic carbocycles. The van der Waals surface area contributed by atoms with Crippen LogP contribution in [0.3, 0.4) is 0 Å². The summed E-state index contributed by atoms with van der Waals surface area (Å²) in [5, 5.41) is 55.2. The largest absolute Gasteiger partial charge is 0.397 e. The van der Waals surface area contributed by atoms with Gasteiger partial charge in [-0.05, 0) is 79.4 Å². The summed E-state index contributed by atoms with van der Waals surface area (Å²) >= 11 is 0. The molecule has 4 fully saturated rings. The number of fused-ring (bicyclic) bond motifs is 5. The molecule has 0 aromatic rings. The van der Waals surface area contributed by atoms with E-state index in [2.05, 4.69) is 13.8 Å². The van der Waals surface area contributed by atoms with E-state index in [1.54, 1.807) is 0 Å². The van der Waals surface area contributed by atoms with Crippen LogP contribution in [0.2, 0.25) is 0 Å². The Hall–Kier alpha value is -0.330. The summed E-state index contributed by atoms with van der Waals surface area (Å²) in [5.74, 6) is 0.0409. The van der Waals surface area contributed by atoms with Crippen LogP contribution in [0.4, 0.5) is 0 Å². The Kier molecular flexibility index (Phi) is 8.21. The summed E-state index contributed by atoms with van der Waals surface area (Å²) in [4.78, 5) is 0. The van der Waals surface area contributed by atoms with Crippen molar-refractivity contribution in [2.45, 2.75) is 115 Å². The highest BCUT2D eigenvalue weighted by atomic mass is 32.3. The van der Waals surface area contributed by atoms with E-state index < -0.39 is 45.8 Å². The van der Waals surface area contributed by atoms with Crippen LogP contribution < -0.4 is 0 Å². The Morgan fingerprint density at radius 3 is 2.32 bits per heavy atom. The molecule has 10 heteroatoms. The lowest BCUT2D eigenvalue weighted by Crippen LogP contribution is -2.69. The van der Waals surface area contributed by atoms with Gasteiger partial charge >= 0.3 is 10.4 Å². The van der Waals surface area contributed by atoms with Gasteiger partial charge in [0.2, 0.25) is 0 Å². The normalized spacial score (nSPS) is 49.6. The topological polar surface area (TPSA) is 165 Å². The van der Waals surface area contributed by atoms with Crippen LogP contribution in [0, 0.1) is 46.3 Å². The Morgan fingerprint density at radius 1 is 1.03 bits per heavy atom. The first-order chi connectivity index (χ1) is 17.1. The highest BCUT2D eigenvalue weighted by Gasteiger charge is 2.70. The molecule has 13 atom stereocenters. The lowest BCUT2D eigenvalue weighted by atomic mass is 9.42. The summed E-state index contributed by atoms with van der Waals surface area (Å²) in [6.07, 6.45) is 1.45. The van der Waals surface area contributed by atoms with Crippen molar-refractivity contribution in [1.82, 2.24) is 0 Å². The van der Waals surface area contributed by atoms with E-state index >= 15 is 0 Å². The third kappa shape index (κ3) is 4.92. The SMILES string of the molecule is C[C@H](CO)CCC[C@@H](C)[C@H]1[C@@H](O)[C@H](O)C2C3C[C@@H](O)[C@@]4(O)C[C@@H](OS(=O)(=O)O)CC[C@]4(C)C3CC[C@@]21C. The standard InChI is InChI=1S/C27H48O9S/c1-15(14-28)6-5-7-16(2)21-23(30)24(31)22-18-12-20(29)27(32)13-17(36-37(33,34)35)8-11-26(27,4)19(18)9-10-25(21,22)3/h15-24,28-32H,5-14H2,1-4H3,(H,33,34,35)/t15-,16+,17-,18?,19?,20+,21-,22?,23+,24+,25+,26+,27-/m0/s1. The fourth-order valence-corrected chi connectivity index (χ4v) is 10.2. The van der Waals surface area contributed by atoms with Gasteiger partial charge in [0.05, 0.1) is 30.0 Å². The van der Waals surface area contributed by atoms with Crippen molar-refractivity contribution in [1.29, 1.82) is 0 Å². The molecule has 9 nitrogen and oxygen atoms in total. The number of rotatable bonds is 8. The first-order valence-electron chi connectivity index (χ1n) is 14.1. The van der Waals surface area contributed by atoms with Gasteiger partial charge in [-0.15, -0.1) is 0 Å². The highest BCUT2D eigenvalue weighted by Crippen LogP contribution is 2.69. The van der Waals surface area contributed by atoms with Gasteiger partial charge in [0.1, 0.15) is 0 Å². The molecule has 0 amide bonds. The second kappa shape index (κ2) is 10.3. The number of hydrogen-bond donors (Lipinski definition) is 6. The maximum Gasteiger partial charge on any atom is 0.397 e. The molecular formula is C27H48O9S. The molecule has 0 aromatic carbocycles. The highest BCUT2D eigenvalue weighted by molar-refractivity contribution is 7.80. The molecule has 0 heterocycles. The molecule has 216 valence electrons. The first-order valence-corrected chi connectivity index (χ1v) is 15.5. The van der Waals surface area contributed by atoms with Gasteiger partial charge < -0.3 is 25.5 Å². The van der Waals surface area contributed by atoms with E-state index in [1.165, 1.54) is 0 Å². The van der Waals surface area contributed by atoms with Crippen LogP contribution in [0.25, 0.3) is 0 Å². The van der Waals surface area contributed by atoms with Gasteiger partial charge in [0.25, 0.3) is 0 Å². The lowest BCUT2D eigenvalue weighted by Gasteiger charge is -2.65. The zero-order valence-corrected chi connectivity index (χ0v) is 23.5. The van der Waals surface area contributed by atoms with Crippen LogP contribution in [0.1, 0.15) is 85.5 Å². The Bertz CT molecular complexity index is 929. The summed E-state index contributed by atoms with van der Waals surface area (Å²) in [7, 11) is -4.68. The van der Waals surface area contributed by atoms with Crippen molar-refractivity contribution >= 4 is 10.4 Å². The minimum absolute atomic E-state index is 0.00744. The third-order valence-corrected chi connectivity index (χ3v) is 12.0. The molecule has 0 radical (unpaired) electrons. The fourth-order valence-electron chi connectivity index (χ4n) is 9.67. The minimum atomic E-state index is -4.68. The molecule has 37 heavy (non-hydrogen) atoms. The number of hydrogen-bond acceptors (Lipinski definition) is 8. The van der Waals surface area contributed by atoms with Gasteiger partial charge in [-0.1, -0.05) is 40.5 Å². The molecule has 4 saturated carbocycles. The van der Waals surface area contributed by atoms with Crippen molar-refractivity contribution in [3.8, 4) is 0 Å². The third-order valence-electron chi connectivity index (χ3n) is 11.5.